The van der Waals surface area contributed by atoms with E-state index >= 15 is 0 Å². The van der Waals surface area contributed by atoms with Crippen molar-refractivity contribution in [3.8, 4) is 0 Å². The van der Waals surface area contributed by atoms with Gasteiger partial charge in [0, 0.05) is 4.47 Å². The van der Waals surface area contributed by atoms with E-state index in [0.717, 1.165) is 28.8 Å². The molecular formula is C17H23BrO2. The van der Waals surface area contributed by atoms with Gasteiger partial charge in [-0.1, -0.05) is 60.3 Å². The maximum atomic E-state index is 11.7. The second kappa shape index (κ2) is 7.26. The van der Waals surface area contributed by atoms with Crippen LogP contribution in [-0.4, -0.2) is 11.1 Å². The molecule has 2 rings (SSSR count). The Morgan fingerprint density at radius 3 is 2.80 bits per heavy atom. The van der Waals surface area contributed by atoms with Crippen LogP contribution in [0.1, 0.15) is 44.6 Å². The van der Waals surface area contributed by atoms with Crippen molar-refractivity contribution in [1.82, 2.24) is 0 Å². The standard InChI is InChI=1S/C17H23BrO2/c1-2-12-6-5-8-13(10-12)15(17(19)20)11-14-7-3-4-9-16(14)18/h3-4,7,9,12-13,15H,2,5-6,8,10-11H2,1H3,(H,19,20). The van der Waals surface area contributed by atoms with Gasteiger partial charge in [-0.25, -0.2) is 0 Å². The van der Waals surface area contributed by atoms with Crippen LogP contribution in [0.5, 0.6) is 0 Å². The zero-order valence-electron chi connectivity index (χ0n) is 12.0. The molecule has 0 radical (unpaired) electrons. The number of hydrogen-bond acceptors (Lipinski definition) is 1. The molecular weight excluding hydrogens is 316 g/mol. The molecule has 1 fully saturated rings. The third-order valence-electron chi connectivity index (χ3n) is 4.68. The summed E-state index contributed by atoms with van der Waals surface area (Å²) in [5.41, 5.74) is 1.11. The van der Waals surface area contributed by atoms with Crippen LogP contribution in [0.4, 0.5) is 0 Å². The summed E-state index contributed by atoms with van der Waals surface area (Å²) in [6.07, 6.45) is 6.42. The molecule has 0 aromatic heterocycles. The number of aliphatic carboxylic acids is 1. The van der Waals surface area contributed by atoms with Gasteiger partial charge in [0.05, 0.1) is 5.92 Å². The number of hydrogen-bond donors (Lipinski definition) is 1. The molecule has 3 heteroatoms. The fourth-order valence-electron chi connectivity index (χ4n) is 3.43. The van der Waals surface area contributed by atoms with Crippen molar-refractivity contribution in [3.05, 3.63) is 34.3 Å². The summed E-state index contributed by atoms with van der Waals surface area (Å²) in [5, 5.41) is 9.62. The lowest BCUT2D eigenvalue weighted by Gasteiger charge is -2.32. The first kappa shape index (κ1) is 15.6. The van der Waals surface area contributed by atoms with Gasteiger partial charge in [-0.05, 0) is 42.7 Å². The Bertz CT molecular complexity index is 458. The van der Waals surface area contributed by atoms with Crippen molar-refractivity contribution in [3.63, 3.8) is 0 Å². The quantitative estimate of drug-likeness (QED) is 0.828. The largest absolute Gasteiger partial charge is 0.481 e. The number of carboxylic acid groups (broad SMARTS) is 1. The van der Waals surface area contributed by atoms with Gasteiger partial charge in [-0.2, -0.15) is 0 Å². The maximum absolute atomic E-state index is 11.7. The average Bonchev–Trinajstić information content (AvgIpc) is 2.46. The molecule has 110 valence electrons. The summed E-state index contributed by atoms with van der Waals surface area (Å²) in [5.74, 6) is 0.165. The van der Waals surface area contributed by atoms with Crippen LogP contribution in [0.15, 0.2) is 28.7 Å². The topological polar surface area (TPSA) is 37.3 Å². The highest BCUT2D eigenvalue weighted by Gasteiger charge is 2.32. The third-order valence-corrected chi connectivity index (χ3v) is 5.46. The molecule has 3 atom stereocenters. The Balaban J connectivity index is 2.11. The lowest BCUT2D eigenvalue weighted by atomic mass is 9.72. The fourth-order valence-corrected chi connectivity index (χ4v) is 3.87. The molecule has 0 bridgehead atoms. The van der Waals surface area contributed by atoms with E-state index in [1.54, 1.807) is 0 Å². The number of carboxylic acids is 1. The monoisotopic (exact) mass is 338 g/mol. The van der Waals surface area contributed by atoms with Gasteiger partial charge in [0.1, 0.15) is 0 Å². The van der Waals surface area contributed by atoms with Crippen LogP contribution in [-0.2, 0) is 11.2 Å². The Morgan fingerprint density at radius 1 is 1.40 bits per heavy atom. The minimum Gasteiger partial charge on any atom is -0.481 e. The first-order valence-electron chi connectivity index (χ1n) is 7.58. The van der Waals surface area contributed by atoms with Crippen LogP contribution in [0.3, 0.4) is 0 Å². The molecule has 0 aliphatic heterocycles. The Labute approximate surface area is 129 Å². The van der Waals surface area contributed by atoms with Gasteiger partial charge >= 0.3 is 5.97 Å². The molecule has 2 nitrogen and oxygen atoms in total. The van der Waals surface area contributed by atoms with Crippen LogP contribution < -0.4 is 0 Å². The van der Waals surface area contributed by atoms with E-state index < -0.39 is 5.97 Å². The highest BCUT2D eigenvalue weighted by atomic mass is 79.9. The van der Waals surface area contributed by atoms with Crippen molar-refractivity contribution in [2.24, 2.45) is 17.8 Å². The molecule has 1 aromatic carbocycles. The van der Waals surface area contributed by atoms with Crippen molar-refractivity contribution < 1.29 is 9.90 Å². The summed E-state index contributed by atoms with van der Waals surface area (Å²) in [6.45, 7) is 2.22. The van der Waals surface area contributed by atoms with Crippen molar-refractivity contribution in [2.75, 3.05) is 0 Å². The predicted molar refractivity (Wildman–Crippen MR) is 84.7 cm³/mol. The normalized spacial score (nSPS) is 24.3. The van der Waals surface area contributed by atoms with Crippen molar-refractivity contribution in [1.29, 1.82) is 0 Å². The highest BCUT2D eigenvalue weighted by molar-refractivity contribution is 9.10. The zero-order chi connectivity index (χ0) is 14.5. The lowest BCUT2D eigenvalue weighted by Crippen LogP contribution is -2.30. The van der Waals surface area contributed by atoms with Crippen LogP contribution >= 0.6 is 15.9 Å². The molecule has 3 unspecified atom stereocenters. The molecule has 0 spiro atoms. The van der Waals surface area contributed by atoms with Crippen molar-refractivity contribution in [2.45, 2.75) is 45.4 Å². The first-order valence-corrected chi connectivity index (χ1v) is 8.37. The van der Waals surface area contributed by atoms with Gasteiger partial charge in [0.15, 0.2) is 0 Å². The van der Waals surface area contributed by atoms with E-state index in [1.165, 1.54) is 19.3 Å². The lowest BCUT2D eigenvalue weighted by molar-refractivity contribution is -0.144. The Hall–Kier alpha value is -0.830. The van der Waals surface area contributed by atoms with E-state index in [2.05, 4.69) is 22.9 Å². The van der Waals surface area contributed by atoms with E-state index in [0.29, 0.717) is 12.3 Å². The SMILES string of the molecule is CCC1CCCC(C(Cc2ccccc2Br)C(=O)O)C1. The number of halogens is 1. The molecule has 0 amide bonds. The summed E-state index contributed by atoms with van der Waals surface area (Å²) >= 11 is 3.53. The molecule has 1 saturated carbocycles. The average molecular weight is 339 g/mol. The second-order valence-corrected chi connectivity index (χ2v) is 6.80. The number of benzene rings is 1. The minimum absolute atomic E-state index is 0.247. The minimum atomic E-state index is -0.637. The maximum Gasteiger partial charge on any atom is 0.307 e. The van der Waals surface area contributed by atoms with Gasteiger partial charge < -0.3 is 5.11 Å². The van der Waals surface area contributed by atoms with Gasteiger partial charge in [-0.15, -0.1) is 0 Å². The highest BCUT2D eigenvalue weighted by Crippen LogP contribution is 2.37. The number of carbonyl (C=O) groups is 1. The smallest absolute Gasteiger partial charge is 0.307 e. The van der Waals surface area contributed by atoms with E-state index in [9.17, 15) is 9.90 Å². The van der Waals surface area contributed by atoms with Crippen LogP contribution in [0.25, 0.3) is 0 Å². The van der Waals surface area contributed by atoms with Crippen molar-refractivity contribution >= 4 is 21.9 Å². The Morgan fingerprint density at radius 2 is 2.15 bits per heavy atom. The molecule has 0 heterocycles. The van der Waals surface area contributed by atoms with Gasteiger partial charge in [0.25, 0.3) is 0 Å². The molecule has 1 aromatic rings. The van der Waals surface area contributed by atoms with Crippen LogP contribution in [0.2, 0.25) is 0 Å². The molecule has 0 saturated heterocycles. The fraction of sp³-hybridized carbons (Fsp3) is 0.588. The van der Waals surface area contributed by atoms with E-state index in [-0.39, 0.29) is 5.92 Å². The predicted octanol–water partition coefficient (Wildman–Crippen LogP) is 4.91. The molecule has 1 N–H and O–H groups in total. The first-order chi connectivity index (χ1) is 9.61. The Kier molecular flexibility index (Phi) is 5.64. The van der Waals surface area contributed by atoms with Gasteiger partial charge in [-0.3, -0.25) is 4.79 Å². The van der Waals surface area contributed by atoms with E-state index in [4.69, 9.17) is 0 Å². The number of rotatable bonds is 5. The van der Waals surface area contributed by atoms with Gasteiger partial charge in [0.2, 0.25) is 0 Å². The summed E-state index contributed by atoms with van der Waals surface area (Å²) in [6, 6.07) is 7.97. The van der Waals surface area contributed by atoms with E-state index in [1.807, 2.05) is 24.3 Å². The zero-order valence-corrected chi connectivity index (χ0v) is 13.6. The molecule has 20 heavy (non-hydrogen) atoms. The van der Waals surface area contributed by atoms with Crippen LogP contribution in [0, 0.1) is 17.8 Å². The summed E-state index contributed by atoms with van der Waals surface area (Å²) in [7, 11) is 0. The molecule has 1 aliphatic rings. The summed E-state index contributed by atoms with van der Waals surface area (Å²) < 4.78 is 1.02. The summed E-state index contributed by atoms with van der Waals surface area (Å²) in [4.78, 5) is 11.7. The third kappa shape index (κ3) is 3.85. The second-order valence-electron chi connectivity index (χ2n) is 5.94. The molecule has 1 aliphatic carbocycles.